The molecule has 1 aromatic carbocycles. The Bertz CT molecular complexity index is 677. The highest BCUT2D eigenvalue weighted by atomic mass is 16.5. The van der Waals surface area contributed by atoms with Crippen LogP contribution < -0.4 is 0 Å². The Balaban J connectivity index is 1.53. The van der Waals surface area contributed by atoms with E-state index in [9.17, 15) is 0 Å². The molecule has 1 aromatic rings. The van der Waals surface area contributed by atoms with Gasteiger partial charge in [0, 0.05) is 11.0 Å². The van der Waals surface area contributed by atoms with Gasteiger partial charge in [0.15, 0.2) is 0 Å². The van der Waals surface area contributed by atoms with E-state index < -0.39 is 0 Å². The summed E-state index contributed by atoms with van der Waals surface area (Å²) in [4.78, 5) is 0. The van der Waals surface area contributed by atoms with Crippen LogP contribution in [0.25, 0.3) is 0 Å². The van der Waals surface area contributed by atoms with Crippen molar-refractivity contribution >= 4 is 0 Å². The van der Waals surface area contributed by atoms with E-state index in [0.29, 0.717) is 18.1 Å². The molecule has 0 amide bonds. The number of quaternary nitrogens is 1. The Labute approximate surface area is 172 Å². The molecule has 1 aliphatic heterocycles. The predicted octanol–water partition coefficient (Wildman–Crippen LogP) is 5.83. The molecule has 1 saturated heterocycles. The Hall–Kier alpha value is -1.12. The van der Waals surface area contributed by atoms with Gasteiger partial charge >= 0.3 is 0 Å². The monoisotopic (exact) mass is 382 g/mol. The maximum atomic E-state index is 6.98. The third-order valence-electron chi connectivity index (χ3n) is 7.54. The van der Waals surface area contributed by atoms with Crippen LogP contribution >= 0.6 is 0 Å². The second-order valence-electron chi connectivity index (χ2n) is 11.0. The average Bonchev–Trinajstić information content (AvgIpc) is 2.67. The topological polar surface area (TPSA) is 9.23 Å². The second-order valence-corrected chi connectivity index (χ2v) is 11.0. The van der Waals surface area contributed by atoms with Crippen molar-refractivity contribution in [1.82, 2.24) is 0 Å². The van der Waals surface area contributed by atoms with Crippen LogP contribution in [0.15, 0.2) is 42.5 Å². The highest BCUT2D eigenvalue weighted by Gasteiger charge is 2.51. The highest BCUT2D eigenvalue weighted by molar-refractivity contribution is 5.13. The molecular weight excluding hydrogens is 342 g/mol. The fourth-order valence-corrected chi connectivity index (χ4v) is 6.81. The number of benzene rings is 1. The minimum atomic E-state index is 0.175. The quantitative estimate of drug-likeness (QED) is 0.460. The number of nitrogens with zero attached hydrogens (tertiary/aromatic N) is 1. The second kappa shape index (κ2) is 7.95. The third kappa shape index (κ3) is 4.24. The molecule has 0 aromatic heterocycles. The number of fused-ring (bicyclic) bond motifs is 3. The molecule has 2 nitrogen and oxygen atoms in total. The summed E-state index contributed by atoms with van der Waals surface area (Å²) in [7, 11) is 4.78. The first-order chi connectivity index (χ1) is 13.4. The van der Waals surface area contributed by atoms with Crippen LogP contribution in [0.1, 0.15) is 57.9 Å². The van der Waals surface area contributed by atoms with Gasteiger partial charge in [0.05, 0.1) is 32.8 Å². The number of hydrogen-bond acceptors (Lipinski definition) is 1. The largest absolute Gasteiger partial charge is 0.374 e. The Morgan fingerprint density at radius 1 is 1.00 bits per heavy atom. The molecule has 0 N–H and O–H groups in total. The number of rotatable bonds is 5. The molecular formula is C26H40NO+. The number of hydrogen-bond donors (Lipinski definition) is 0. The lowest BCUT2D eigenvalue weighted by Gasteiger charge is -2.54. The standard InChI is InChI=1S/C26H40NO/c1-26(2,19-27(3,4)18-20-12-6-5-7-13-20)25-23-16-9-8-14-21(23)22-15-10-11-17-24(22)28-25/h5-8,12-14,21-25H,9-11,15-19H2,1-4H3/q+1/t21-,22+,23-,24+,25+/m1/s1. The molecule has 2 fully saturated rings. The lowest BCUT2D eigenvalue weighted by molar-refractivity contribution is -0.910. The molecule has 0 radical (unpaired) electrons. The summed E-state index contributed by atoms with van der Waals surface area (Å²) >= 11 is 0. The molecule has 154 valence electrons. The molecule has 1 heterocycles. The first-order valence-corrected chi connectivity index (χ1v) is 11.5. The van der Waals surface area contributed by atoms with Gasteiger partial charge in [0.25, 0.3) is 0 Å². The minimum absolute atomic E-state index is 0.175. The van der Waals surface area contributed by atoms with E-state index >= 15 is 0 Å². The molecule has 4 rings (SSSR count). The van der Waals surface area contributed by atoms with Crippen LogP contribution in [0.3, 0.4) is 0 Å². The maximum Gasteiger partial charge on any atom is 0.104 e. The zero-order valence-corrected chi connectivity index (χ0v) is 18.4. The summed E-state index contributed by atoms with van der Waals surface area (Å²) in [5.41, 5.74) is 1.60. The van der Waals surface area contributed by atoms with Gasteiger partial charge in [-0.2, -0.15) is 0 Å². The van der Waals surface area contributed by atoms with E-state index in [0.717, 1.165) is 29.4 Å². The van der Waals surface area contributed by atoms with Gasteiger partial charge in [0.1, 0.15) is 6.54 Å². The Morgan fingerprint density at radius 3 is 2.54 bits per heavy atom. The van der Waals surface area contributed by atoms with Crippen molar-refractivity contribution in [3.63, 3.8) is 0 Å². The zero-order valence-electron chi connectivity index (χ0n) is 18.4. The normalized spacial score (nSPS) is 33.2. The molecule has 2 aliphatic carbocycles. The smallest absolute Gasteiger partial charge is 0.104 e. The van der Waals surface area contributed by atoms with E-state index in [4.69, 9.17) is 4.74 Å². The summed E-state index contributed by atoms with van der Waals surface area (Å²) in [6.07, 6.45) is 13.9. The van der Waals surface area contributed by atoms with Gasteiger partial charge in [-0.05, 0) is 43.4 Å². The summed E-state index contributed by atoms with van der Waals surface area (Å²) in [5.74, 6) is 2.23. The van der Waals surface area contributed by atoms with E-state index in [1.807, 2.05) is 0 Å². The Kier molecular flexibility index (Phi) is 5.73. The molecule has 2 heteroatoms. The zero-order chi connectivity index (χ0) is 19.8. The fourth-order valence-electron chi connectivity index (χ4n) is 6.81. The van der Waals surface area contributed by atoms with Crippen molar-refractivity contribution in [2.45, 2.75) is 71.1 Å². The van der Waals surface area contributed by atoms with Gasteiger partial charge in [0.2, 0.25) is 0 Å². The van der Waals surface area contributed by atoms with Gasteiger partial charge in [-0.15, -0.1) is 0 Å². The summed E-state index contributed by atoms with van der Waals surface area (Å²) in [5, 5.41) is 0. The lowest BCUT2D eigenvalue weighted by atomic mass is 9.61. The van der Waals surface area contributed by atoms with Gasteiger partial charge < -0.3 is 9.22 Å². The van der Waals surface area contributed by atoms with Crippen molar-refractivity contribution < 1.29 is 9.22 Å². The lowest BCUT2D eigenvalue weighted by Crippen LogP contribution is -2.58. The van der Waals surface area contributed by atoms with E-state index in [1.165, 1.54) is 44.1 Å². The number of ether oxygens (including phenoxy) is 1. The van der Waals surface area contributed by atoms with Crippen LogP contribution in [-0.4, -0.2) is 37.3 Å². The van der Waals surface area contributed by atoms with Gasteiger partial charge in [-0.3, -0.25) is 0 Å². The molecule has 0 unspecified atom stereocenters. The average molecular weight is 383 g/mol. The summed E-state index contributed by atoms with van der Waals surface area (Å²) in [6, 6.07) is 11.0. The molecule has 0 bridgehead atoms. The van der Waals surface area contributed by atoms with Gasteiger partial charge in [-0.25, -0.2) is 0 Å². The molecule has 0 spiro atoms. The van der Waals surface area contributed by atoms with Crippen molar-refractivity contribution in [3.05, 3.63) is 48.0 Å². The molecule has 5 atom stereocenters. The van der Waals surface area contributed by atoms with Crippen LogP contribution in [-0.2, 0) is 11.3 Å². The van der Waals surface area contributed by atoms with Crippen molar-refractivity contribution in [3.8, 4) is 0 Å². The first-order valence-electron chi connectivity index (χ1n) is 11.5. The Morgan fingerprint density at radius 2 is 1.75 bits per heavy atom. The molecule has 1 saturated carbocycles. The molecule has 28 heavy (non-hydrogen) atoms. The number of allylic oxidation sites excluding steroid dienone is 2. The van der Waals surface area contributed by atoms with E-state index in [1.54, 1.807) is 0 Å². The van der Waals surface area contributed by atoms with Crippen molar-refractivity contribution in [2.75, 3.05) is 20.6 Å². The predicted molar refractivity (Wildman–Crippen MR) is 117 cm³/mol. The van der Waals surface area contributed by atoms with Crippen LogP contribution in [0.2, 0.25) is 0 Å². The summed E-state index contributed by atoms with van der Waals surface area (Å²) < 4.78 is 7.99. The highest BCUT2D eigenvalue weighted by Crippen LogP contribution is 2.50. The first kappa shape index (κ1) is 20.2. The van der Waals surface area contributed by atoms with E-state index in [2.05, 4.69) is 70.4 Å². The molecule has 3 aliphatic rings. The SMILES string of the molecule is CC(C)(C[N+](C)(C)Cc1ccccc1)[C@H]1O[C@H]2CCCC[C@H]2[C@H]2C=CCC[C@H]21. The van der Waals surface area contributed by atoms with Crippen molar-refractivity contribution in [2.24, 2.45) is 23.2 Å². The van der Waals surface area contributed by atoms with Crippen LogP contribution in [0.5, 0.6) is 0 Å². The van der Waals surface area contributed by atoms with Crippen molar-refractivity contribution in [1.29, 1.82) is 0 Å². The summed E-state index contributed by atoms with van der Waals surface area (Å²) in [6.45, 7) is 7.18. The third-order valence-corrected chi connectivity index (χ3v) is 7.54. The van der Waals surface area contributed by atoms with Gasteiger partial charge in [-0.1, -0.05) is 69.2 Å². The minimum Gasteiger partial charge on any atom is -0.374 e. The van der Waals surface area contributed by atoms with E-state index in [-0.39, 0.29) is 5.41 Å². The van der Waals surface area contributed by atoms with Crippen LogP contribution in [0.4, 0.5) is 0 Å². The maximum absolute atomic E-state index is 6.98. The fraction of sp³-hybridized carbons (Fsp3) is 0.692. The van der Waals surface area contributed by atoms with Crippen LogP contribution in [0, 0.1) is 23.2 Å².